The largest absolute Gasteiger partial charge is 0.458 e. The molecule has 4 atom stereocenters. The van der Waals surface area contributed by atoms with Crippen LogP contribution in [0, 0.1) is 11.8 Å². The van der Waals surface area contributed by atoms with Crippen molar-refractivity contribution >= 4 is 35.1 Å². The summed E-state index contributed by atoms with van der Waals surface area (Å²) in [6.45, 7) is 9.47. The summed E-state index contributed by atoms with van der Waals surface area (Å²) in [5, 5.41) is 1.27. The summed E-state index contributed by atoms with van der Waals surface area (Å²) in [6.07, 6.45) is 4.77. The normalized spacial score (nSPS) is 23.6. The van der Waals surface area contributed by atoms with Gasteiger partial charge in [-0.15, -0.1) is 6.58 Å². The molecule has 2 fully saturated rings. The highest BCUT2D eigenvalue weighted by Crippen LogP contribution is 2.50. The van der Waals surface area contributed by atoms with Crippen LogP contribution in [0.2, 0.25) is 10.0 Å². The molecule has 2 aliphatic rings. The highest BCUT2D eigenvalue weighted by atomic mass is 35.5. The van der Waals surface area contributed by atoms with E-state index in [0.29, 0.717) is 22.9 Å². The molecule has 1 saturated carbocycles. The van der Waals surface area contributed by atoms with Gasteiger partial charge in [0.15, 0.2) is 0 Å². The fraction of sp³-hybridized carbons (Fsp3) is 0.448. The van der Waals surface area contributed by atoms with E-state index in [1.54, 1.807) is 6.08 Å². The summed E-state index contributed by atoms with van der Waals surface area (Å²) in [6, 6.07) is 14.4. The number of esters is 1. The maximum absolute atomic E-state index is 14.1. The molecule has 2 unspecified atom stereocenters. The van der Waals surface area contributed by atoms with E-state index in [1.165, 1.54) is 0 Å². The average Bonchev–Trinajstić information content (AvgIpc) is 3.61. The highest BCUT2D eigenvalue weighted by Gasteiger charge is 2.52. The molecular formula is C29H33Cl2NO3. The molecule has 0 bridgehead atoms. The second-order valence-corrected chi connectivity index (χ2v) is 11.5. The lowest BCUT2D eigenvalue weighted by Crippen LogP contribution is -2.56. The summed E-state index contributed by atoms with van der Waals surface area (Å²) in [5.41, 5.74) is 1.34. The Morgan fingerprint density at radius 3 is 2.37 bits per heavy atom. The van der Waals surface area contributed by atoms with Crippen LogP contribution >= 0.6 is 23.2 Å². The van der Waals surface area contributed by atoms with Gasteiger partial charge in [0.25, 0.3) is 0 Å². The van der Waals surface area contributed by atoms with Crippen LogP contribution in [0.3, 0.4) is 0 Å². The number of hydrogen-bond donors (Lipinski definition) is 0. The van der Waals surface area contributed by atoms with Crippen molar-refractivity contribution in [1.29, 1.82) is 0 Å². The fourth-order valence-corrected chi connectivity index (χ4v) is 5.53. The molecule has 4 rings (SSSR count). The van der Waals surface area contributed by atoms with Crippen LogP contribution in [0.5, 0.6) is 0 Å². The zero-order valence-electron chi connectivity index (χ0n) is 20.5. The predicted octanol–water partition coefficient (Wildman–Crippen LogP) is 7.36. The van der Waals surface area contributed by atoms with Crippen LogP contribution in [0.25, 0.3) is 0 Å². The van der Waals surface area contributed by atoms with Gasteiger partial charge < -0.3 is 9.64 Å². The Morgan fingerprint density at radius 2 is 1.80 bits per heavy atom. The number of amides is 1. The van der Waals surface area contributed by atoms with E-state index in [2.05, 4.69) is 12.6 Å². The van der Waals surface area contributed by atoms with Crippen LogP contribution in [0.1, 0.15) is 69.5 Å². The molecular weight excluding hydrogens is 481 g/mol. The van der Waals surface area contributed by atoms with Crippen molar-refractivity contribution in [2.45, 2.75) is 70.1 Å². The van der Waals surface area contributed by atoms with Crippen LogP contribution in [-0.2, 0) is 14.3 Å². The molecule has 1 aliphatic heterocycles. The van der Waals surface area contributed by atoms with E-state index in [9.17, 15) is 9.59 Å². The van der Waals surface area contributed by atoms with Gasteiger partial charge in [0.05, 0.1) is 6.04 Å². The van der Waals surface area contributed by atoms with Gasteiger partial charge >= 0.3 is 5.97 Å². The minimum Gasteiger partial charge on any atom is -0.458 e. The number of carbonyl (C=O) groups excluding carboxylic acids is 2. The number of piperidine rings is 1. The Kier molecular flexibility index (Phi) is 7.63. The molecule has 0 spiro atoms. The zero-order chi connectivity index (χ0) is 25.3. The smallest absolute Gasteiger partial charge is 0.329 e. The summed E-state index contributed by atoms with van der Waals surface area (Å²) in [4.78, 5) is 29.5. The Labute approximate surface area is 218 Å². The Morgan fingerprint density at radius 1 is 1.11 bits per heavy atom. The number of rotatable bonds is 7. The molecule has 4 nitrogen and oxygen atoms in total. The van der Waals surface area contributed by atoms with E-state index >= 15 is 0 Å². The van der Waals surface area contributed by atoms with Crippen molar-refractivity contribution in [1.82, 2.24) is 4.90 Å². The number of halogens is 2. The van der Waals surface area contributed by atoms with Crippen molar-refractivity contribution in [3.05, 3.63) is 82.4 Å². The Hall–Kier alpha value is -2.30. The van der Waals surface area contributed by atoms with Crippen molar-refractivity contribution in [2.75, 3.05) is 0 Å². The van der Waals surface area contributed by atoms with Crippen LogP contribution in [0.15, 0.2) is 61.2 Å². The minimum absolute atomic E-state index is 0.0223. The topological polar surface area (TPSA) is 46.6 Å². The fourth-order valence-electron chi connectivity index (χ4n) is 5.20. The maximum Gasteiger partial charge on any atom is 0.329 e. The van der Waals surface area contributed by atoms with E-state index in [4.69, 9.17) is 27.9 Å². The summed E-state index contributed by atoms with van der Waals surface area (Å²) in [7, 11) is 0. The molecule has 186 valence electrons. The first kappa shape index (κ1) is 25.8. The van der Waals surface area contributed by atoms with Crippen LogP contribution in [0.4, 0.5) is 0 Å². The molecule has 1 heterocycles. The lowest BCUT2D eigenvalue weighted by atomic mass is 9.74. The van der Waals surface area contributed by atoms with Gasteiger partial charge in [-0.3, -0.25) is 4.79 Å². The van der Waals surface area contributed by atoms with Gasteiger partial charge in [-0.2, -0.15) is 0 Å². The summed E-state index contributed by atoms with van der Waals surface area (Å²) in [5.74, 6) is -0.599. The minimum atomic E-state index is -0.647. The van der Waals surface area contributed by atoms with Crippen LogP contribution in [-0.4, -0.2) is 28.4 Å². The zero-order valence-corrected chi connectivity index (χ0v) is 22.1. The number of hydrogen-bond acceptors (Lipinski definition) is 3. The molecule has 1 aliphatic carbocycles. The average molecular weight is 514 g/mol. The van der Waals surface area contributed by atoms with Gasteiger partial charge in [0, 0.05) is 21.9 Å². The molecule has 0 N–H and O–H groups in total. The second kappa shape index (κ2) is 10.4. The quantitative estimate of drug-likeness (QED) is 0.286. The SMILES string of the molecule is C=CC[C@H]1CC(c2cccc(Cl)c2)[C@@H](c2ccc(Cl)cc2)N(C(C(=O)OC(C)(C)C)C2CC2)C1=O. The lowest BCUT2D eigenvalue weighted by molar-refractivity contribution is -0.171. The predicted molar refractivity (Wildman–Crippen MR) is 141 cm³/mol. The number of allylic oxidation sites excluding steroid dienone is 1. The lowest BCUT2D eigenvalue weighted by Gasteiger charge is -2.48. The van der Waals surface area contributed by atoms with Gasteiger partial charge in [-0.25, -0.2) is 4.79 Å². The van der Waals surface area contributed by atoms with Gasteiger partial charge in [-0.1, -0.05) is 53.5 Å². The van der Waals surface area contributed by atoms with E-state index in [-0.39, 0.29) is 35.7 Å². The Bertz CT molecular complexity index is 1090. The highest BCUT2D eigenvalue weighted by molar-refractivity contribution is 6.30. The first-order valence-corrected chi connectivity index (χ1v) is 13.0. The number of benzene rings is 2. The molecule has 0 radical (unpaired) electrons. The van der Waals surface area contributed by atoms with Gasteiger partial charge in [-0.05, 0) is 87.8 Å². The third-order valence-corrected chi connectivity index (χ3v) is 7.27. The van der Waals surface area contributed by atoms with Crippen molar-refractivity contribution < 1.29 is 14.3 Å². The van der Waals surface area contributed by atoms with Gasteiger partial charge in [0.2, 0.25) is 5.91 Å². The van der Waals surface area contributed by atoms with Crippen molar-refractivity contribution in [3.8, 4) is 0 Å². The summed E-state index contributed by atoms with van der Waals surface area (Å²) >= 11 is 12.6. The van der Waals surface area contributed by atoms with Crippen molar-refractivity contribution in [3.63, 3.8) is 0 Å². The van der Waals surface area contributed by atoms with Crippen molar-refractivity contribution in [2.24, 2.45) is 11.8 Å². The second-order valence-electron chi connectivity index (χ2n) is 10.7. The third kappa shape index (κ3) is 5.92. The number of carbonyl (C=O) groups is 2. The third-order valence-electron chi connectivity index (χ3n) is 6.78. The standard InChI is InChI=1S/C29H33Cl2NO3/c1-5-7-21-17-24(20-8-6-9-23(31)16-20)25(18-12-14-22(30)15-13-18)32(27(21)33)26(19-10-11-19)28(34)35-29(2,3)4/h5-6,8-9,12-16,19,21,24-26H,1,7,10-11,17H2,2-4H3/t21-,24?,25+,26?/m0/s1. The first-order chi connectivity index (χ1) is 16.6. The molecule has 2 aromatic carbocycles. The molecule has 2 aromatic rings. The molecule has 0 aromatic heterocycles. The molecule has 35 heavy (non-hydrogen) atoms. The number of likely N-dealkylation sites (tertiary alicyclic amines) is 1. The summed E-state index contributed by atoms with van der Waals surface area (Å²) < 4.78 is 5.87. The van der Waals surface area contributed by atoms with E-state index < -0.39 is 11.6 Å². The number of nitrogens with zero attached hydrogens (tertiary/aromatic N) is 1. The Balaban J connectivity index is 1.87. The number of ether oxygens (including phenoxy) is 1. The monoisotopic (exact) mass is 513 g/mol. The van der Waals surface area contributed by atoms with E-state index in [0.717, 1.165) is 24.0 Å². The maximum atomic E-state index is 14.1. The van der Waals surface area contributed by atoms with E-state index in [1.807, 2.05) is 68.1 Å². The molecule has 6 heteroatoms. The first-order valence-electron chi connectivity index (χ1n) is 12.3. The molecule has 1 saturated heterocycles. The van der Waals surface area contributed by atoms with Crippen LogP contribution < -0.4 is 0 Å². The van der Waals surface area contributed by atoms with Gasteiger partial charge in [0.1, 0.15) is 11.6 Å². The molecule has 1 amide bonds.